The zero-order chi connectivity index (χ0) is 18.6. The lowest BCUT2D eigenvalue weighted by Gasteiger charge is -2.25. The van der Waals surface area contributed by atoms with Gasteiger partial charge in [0, 0.05) is 30.6 Å². The normalized spacial score (nSPS) is 14.1. The molecule has 1 heterocycles. The van der Waals surface area contributed by atoms with Crippen molar-refractivity contribution in [3.05, 3.63) is 28.8 Å². The van der Waals surface area contributed by atoms with Crippen LogP contribution in [0.5, 0.6) is 0 Å². The molecule has 0 unspecified atom stereocenters. The Labute approximate surface area is 153 Å². The molecule has 0 atom stereocenters. The minimum absolute atomic E-state index is 0.00891. The standard InChI is InChI=1S/C18H24ClN3O3/c1-4-21(11-16(23)20-12(2)3)18(25)14-8-7-13(19)10-15(14)22-9-5-6-17(22)24/h7-8,10,12H,4-6,9,11H2,1-3H3,(H,20,23). The molecule has 1 fully saturated rings. The topological polar surface area (TPSA) is 69.7 Å². The van der Waals surface area contributed by atoms with Gasteiger partial charge in [-0.3, -0.25) is 14.4 Å². The van der Waals surface area contributed by atoms with E-state index in [-0.39, 0.29) is 30.3 Å². The van der Waals surface area contributed by atoms with Crippen molar-refractivity contribution in [1.82, 2.24) is 10.2 Å². The van der Waals surface area contributed by atoms with E-state index in [9.17, 15) is 14.4 Å². The maximum atomic E-state index is 13.0. The van der Waals surface area contributed by atoms with E-state index >= 15 is 0 Å². The molecule has 0 spiro atoms. The van der Waals surface area contributed by atoms with Crippen molar-refractivity contribution in [2.45, 2.75) is 39.7 Å². The summed E-state index contributed by atoms with van der Waals surface area (Å²) in [5.74, 6) is -0.511. The van der Waals surface area contributed by atoms with Crippen molar-refractivity contribution in [3.63, 3.8) is 0 Å². The molecule has 6 nitrogen and oxygen atoms in total. The van der Waals surface area contributed by atoms with Gasteiger partial charge in [0.1, 0.15) is 0 Å². The summed E-state index contributed by atoms with van der Waals surface area (Å²) in [6, 6.07) is 4.89. The van der Waals surface area contributed by atoms with Gasteiger partial charge in [0.25, 0.3) is 5.91 Å². The van der Waals surface area contributed by atoms with Crippen LogP contribution >= 0.6 is 11.6 Å². The third-order valence-corrected chi connectivity index (χ3v) is 4.24. The molecule has 1 N–H and O–H groups in total. The summed E-state index contributed by atoms with van der Waals surface area (Å²) in [6.07, 6.45) is 1.22. The quantitative estimate of drug-likeness (QED) is 0.841. The zero-order valence-corrected chi connectivity index (χ0v) is 15.6. The van der Waals surface area contributed by atoms with E-state index < -0.39 is 0 Å². The fraction of sp³-hybridized carbons (Fsp3) is 0.500. The number of anilines is 1. The first-order valence-corrected chi connectivity index (χ1v) is 8.89. The average Bonchev–Trinajstić information content (AvgIpc) is 2.97. The number of amides is 3. The molecular formula is C18H24ClN3O3. The Hall–Kier alpha value is -2.08. The molecule has 1 aliphatic heterocycles. The highest BCUT2D eigenvalue weighted by Crippen LogP contribution is 2.29. The van der Waals surface area contributed by atoms with Gasteiger partial charge >= 0.3 is 0 Å². The summed E-state index contributed by atoms with van der Waals surface area (Å²) in [5, 5.41) is 3.25. The summed E-state index contributed by atoms with van der Waals surface area (Å²) in [6.45, 7) is 6.49. The Bertz CT molecular complexity index is 676. The fourth-order valence-electron chi connectivity index (χ4n) is 2.85. The Morgan fingerprint density at radius 1 is 1.36 bits per heavy atom. The number of nitrogens with zero attached hydrogens (tertiary/aromatic N) is 2. The first kappa shape index (κ1) is 19.2. The van der Waals surface area contributed by atoms with E-state index in [1.807, 2.05) is 20.8 Å². The second kappa shape index (κ2) is 8.34. The third kappa shape index (κ3) is 4.72. The molecular weight excluding hydrogens is 342 g/mol. The number of carbonyl (C=O) groups is 3. The van der Waals surface area contributed by atoms with Crippen LogP contribution in [0.1, 0.15) is 44.0 Å². The van der Waals surface area contributed by atoms with Crippen molar-refractivity contribution in [2.75, 3.05) is 24.5 Å². The molecule has 1 aromatic rings. The smallest absolute Gasteiger partial charge is 0.256 e. The number of hydrogen-bond donors (Lipinski definition) is 1. The average molecular weight is 366 g/mol. The van der Waals surface area contributed by atoms with Gasteiger partial charge in [-0.15, -0.1) is 0 Å². The lowest BCUT2D eigenvalue weighted by Crippen LogP contribution is -2.43. The predicted octanol–water partition coefficient (Wildman–Crippen LogP) is 2.45. The maximum absolute atomic E-state index is 13.0. The van der Waals surface area contributed by atoms with Crippen molar-refractivity contribution < 1.29 is 14.4 Å². The highest BCUT2D eigenvalue weighted by atomic mass is 35.5. The van der Waals surface area contributed by atoms with Crippen LogP contribution < -0.4 is 10.2 Å². The van der Waals surface area contributed by atoms with Gasteiger partial charge in [-0.1, -0.05) is 11.6 Å². The van der Waals surface area contributed by atoms with Crippen LogP contribution in [0.4, 0.5) is 5.69 Å². The van der Waals surface area contributed by atoms with Crippen LogP contribution in [0.15, 0.2) is 18.2 Å². The van der Waals surface area contributed by atoms with Crippen LogP contribution in [0.3, 0.4) is 0 Å². The minimum Gasteiger partial charge on any atom is -0.352 e. The van der Waals surface area contributed by atoms with Gasteiger partial charge in [-0.25, -0.2) is 0 Å². The van der Waals surface area contributed by atoms with Crippen molar-refractivity contribution in [2.24, 2.45) is 0 Å². The summed E-state index contributed by atoms with van der Waals surface area (Å²) in [7, 11) is 0. The van der Waals surface area contributed by atoms with Gasteiger partial charge in [0.05, 0.1) is 17.8 Å². The number of nitrogens with one attached hydrogen (secondary N) is 1. The minimum atomic E-state index is -0.284. The van der Waals surface area contributed by atoms with Crippen molar-refractivity contribution >= 4 is 35.0 Å². The van der Waals surface area contributed by atoms with Crippen molar-refractivity contribution in [3.8, 4) is 0 Å². The van der Waals surface area contributed by atoms with Crippen LogP contribution in [-0.2, 0) is 9.59 Å². The molecule has 1 aromatic carbocycles. The van der Waals surface area contributed by atoms with Crippen LogP contribution in [0.2, 0.25) is 5.02 Å². The second-order valence-corrected chi connectivity index (χ2v) is 6.79. The molecule has 0 saturated carbocycles. The summed E-state index contributed by atoms with van der Waals surface area (Å²) in [5.41, 5.74) is 0.904. The highest BCUT2D eigenvalue weighted by molar-refractivity contribution is 6.31. The molecule has 7 heteroatoms. The number of rotatable bonds is 6. The van der Waals surface area contributed by atoms with Gasteiger partial charge in [-0.05, 0) is 45.4 Å². The van der Waals surface area contributed by atoms with Crippen LogP contribution in [0, 0.1) is 0 Å². The molecule has 2 rings (SSSR count). The van der Waals surface area contributed by atoms with Crippen LogP contribution in [-0.4, -0.2) is 48.3 Å². The molecule has 3 amide bonds. The van der Waals surface area contributed by atoms with Crippen molar-refractivity contribution in [1.29, 1.82) is 0 Å². The van der Waals surface area contributed by atoms with E-state index in [0.29, 0.717) is 35.8 Å². The number of carbonyl (C=O) groups excluding carboxylic acids is 3. The Balaban J connectivity index is 2.28. The largest absolute Gasteiger partial charge is 0.352 e. The van der Waals surface area contributed by atoms with E-state index in [0.717, 1.165) is 6.42 Å². The Kier molecular flexibility index (Phi) is 6.42. The molecule has 136 valence electrons. The molecule has 0 aromatic heterocycles. The molecule has 25 heavy (non-hydrogen) atoms. The number of likely N-dealkylation sites (N-methyl/N-ethyl adjacent to an activating group) is 1. The van der Waals surface area contributed by atoms with Gasteiger partial charge in [-0.2, -0.15) is 0 Å². The number of halogens is 1. The van der Waals surface area contributed by atoms with Gasteiger partial charge in [0.2, 0.25) is 11.8 Å². The zero-order valence-electron chi connectivity index (χ0n) is 14.8. The Morgan fingerprint density at radius 3 is 2.64 bits per heavy atom. The van der Waals surface area contributed by atoms with E-state index in [1.54, 1.807) is 23.1 Å². The molecule has 1 saturated heterocycles. The van der Waals surface area contributed by atoms with Crippen LogP contribution in [0.25, 0.3) is 0 Å². The predicted molar refractivity (Wildman–Crippen MR) is 97.9 cm³/mol. The lowest BCUT2D eigenvalue weighted by molar-refractivity contribution is -0.122. The molecule has 1 aliphatic rings. The van der Waals surface area contributed by atoms with Gasteiger partial charge in [0.15, 0.2) is 0 Å². The van der Waals surface area contributed by atoms with E-state index in [2.05, 4.69) is 5.32 Å². The maximum Gasteiger partial charge on any atom is 0.256 e. The lowest BCUT2D eigenvalue weighted by atomic mass is 10.1. The van der Waals surface area contributed by atoms with E-state index in [4.69, 9.17) is 11.6 Å². The summed E-state index contributed by atoms with van der Waals surface area (Å²) >= 11 is 6.08. The van der Waals surface area contributed by atoms with E-state index in [1.165, 1.54) is 4.90 Å². The second-order valence-electron chi connectivity index (χ2n) is 6.35. The number of hydrogen-bond acceptors (Lipinski definition) is 3. The molecule has 0 bridgehead atoms. The summed E-state index contributed by atoms with van der Waals surface area (Å²) in [4.78, 5) is 40.1. The first-order valence-electron chi connectivity index (χ1n) is 8.52. The first-order chi connectivity index (χ1) is 11.8. The molecule has 0 aliphatic carbocycles. The highest BCUT2D eigenvalue weighted by Gasteiger charge is 2.28. The van der Waals surface area contributed by atoms with Gasteiger partial charge < -0.3 is 15.1 Å². The monoisotopic (exact) mass is 365 g/mol. The SMILES string of the molecule is CCN(CC(=O)NC(C)C)C(=O)c1ccc(Cl)cc1N1CCCC1=O. The summed E-state index contributed by atoms with van der Waals surface area (Å²) < 4.78 is 0. The third-order valence-electron chi connectivity index (χ3n) is 4.01. The molecule has 0 radical (unpaired) electrons. The Morgan fingerprint density at radius 2 is 2.08 bits per heavy atom. The fourth-order valence-corrected chi connectivity index (χ4v) is 3.02. The number of benzene rings is 1.